The molecule has 0 saturated heterocycles. The summed E-state index contributed by atoms with van der Waals surface area (Å²) in [6, 6.07) is 12.1. The standard InChI is InChI=1S/C14H16N4Si/c1-19(2,3)12-9-13-16-17-14(18(13)15-10-12)11-7-5-4-6-8-11/h4-10H,1-3H3. The number of aromatic nitrogens is 4. The van der Waals surface area contributed by atoms with Gasteiger partial charge >= 0.3 is 0 Å². The van der Waals surface area contributed by atoms with Crippen LogP contribution in [-0.4, -0.2) is 27.9 Å². The largest absolute Gasteiger partial charge is 0.193 e. The Morgan fingerprint density at radius 2 is 1.74 bits per heavy atom. The van der Waals surface area contributed by atoms with Crippen molar-refractivity contribution >= 4 is 18.9 Å². The molecule has 0 aliphatic rings. The first-order chi connectivity index (χ1) is 9.05. The van der Waals surface area contributed by atoms with Crippen LogP contribution in [0.4, 0.5) is 0 Å². The highest BCUT2D eigenvalue weighted by atomic mass is 28.3. The number of fused-ring (bicyclic) bond motifs is 1. The van der Waals surface area contributed by atoms with Crippen molar-refractivity contribution in [2.24, 2.45) is 0 Å². The molecule has 2 heterocycles. The van der Waals surface area contributed by atoms with Gasteiger partial charge in [0.25, 0.3) is 0 Å². The zero-order valence-electron chi connectivity index (χ0n) is 11.3. The number of nitrogens with zero attached hydrogens (tertiary/aromatic N) is 4. The summed E-state index contributed by atoms with van der Waals surface area (Å²) in [4.78, 5) is 0. The fourth-order valence-electron chi connectivity index (χ4n) is 1.97. The second kappa shape index (κ2) is 4.27. The molecule has 4 nitrogen and oxygen atoms in total. The topological polar surface area (TPSA) is 43.1 Å². The molecule has 5 heteroatoms. The quantitative estimate of drug-likeness (QED) is 0.670. The summed E-state index contributed by atoms with van der Waals surface area (Å²) in [6.45, 7) is 6.90. The summed E-state index contributed by atoms with van der Waals surface area (Å²) in [6.07, 6.45) is 1.95. The third kappa shape index (κ3) is 2.17. The van der Waals surface area contributed by atoms with Gasteiger partial charge in [0.05, 0.1) is 8.07 Å². The highest BCUT2D eigenvalue weighted by Crippen LogP contribution is 2.16. The maximum absolute atomic E-state index is 4.51. The van der Waals surface area contributed by atoms with Crippen LogP contribution in [0.5, 0.6) is 0 Å². The fraction of sp³-hybridized carbons (Fsp3) is 0.214. The van der Waals surface area contributed by atoms with Gasteiger partial charge in [-0.2, -0.15) is 9.61 Å². The van der Waals surface area contributed by atoms with Gasteiger partial charge in [0, 0.05) is 11.8 Å². The van der Waals surface area contributed by atoms with Gasteiger partial charge in [-0.25, -0.2) is 0 Å². The third-order valence-corrected chi connectivity index (χ3v) is 5.17. The van der Waals surface area contributed by atoms with Crippen LogP contribution in [0, 0.1) is 0 Å². The molecule has 3 aromatic rings. The van der Waals surface area contributed by atoms with Gasteiger partial charge in [0.1, 0.15) is 0 Å². The molecular formula is C14H16N4Si. The Bertz CT molecular complexity index is 713. The van der Waals surface area contributed by atoms with E-state index in [2.05, 4.69) is 41.0 Å². The van der Waals surface area contributed by atoms with Crippen LogP contribution < -0.4 is 5.19 Å². The predicted octanol–water partition coefficient (Wildman–Crippen LogP) is 2.34. The zero-order chi connectivity index (χ0) is 13.5. The molecule has 0 radical (unpaired) electrons. The summed E-state index contributed by atoms with van der Waals surface area (Å²) >= 11 is 0. The van der Waals surface area contributed by atoms with Crippen molar-refractivity contribution in [2.75, 3.05) is 0 Å². The molecular weight excluding hydrogens is 252 g/mol. The smallest absolute Gasteiger partial charge is 0.185 e. The Labute approximate surface area is 113 Å². The van der Waals surface area contributed by atoms with Gasteiger partial charge in [0.15, 0.2) is 11.5 Å². The molecule has 0 amide bonds. The van der Waals surface area contributed by atoms with Gasteiger partial charge < -0.3 is 0 Å². The molecule has 0 N–H and O–H groups in total. The first-order valence-electron chi connectivity index (χ1n) is 6.33. The van der Waals surface area contributed by atoms with Crippen LogP contribution in [0.3, 0.4) is 0 Å². The average Bonchev–Trinajstić information content (AvgIpc) is 2.81. The molecule has 0 fully saturated rings. The van der Waals surface area contributed by atoms with Crippen LogP contribution >= 0.6 is 0 Å². The van der Waals surface area contributed by atoms with Gasteiger partial charge in [-0.1, -0.05) is 50.0 Å². The van der Waals surface area contributed by atoms with E-state index < -0.39 is 8.07 Å². The summed E-state index contributed by atoms with van der Waals surface area (Å²) in [7, 11) is -1.36. The molecule has 1 aromatic carbocycles. The first kappa shape index (κ1) is 12.0. The van der Waals surface area contributed by atoms with E-state index >= 15 is 0 Å². The van der Waals surface area contributed by atoms with Crippen LogP contribution in [0.15, 0.2) is 42.6 Å². The Morgan fingerprint density at radius 3 is 2.42 bits per heavy atom. The van der Waals surface area contributed by atoms with Gasteiger partial charge in [-0.3, -0.25) is 0 Å². The van der Waals surface area contributed by atoms with Crippen molar-refractivity contribution in [1.29, 1.82) is 0 Å². The minimum atomic E-state index is -1.36. The van der Waals surface area contributed by atoms with Crippen molar-refractivity contribution in [3.8, 4) is 11.4 Å². The summed E-state index contributed by atoms with van der Waals surface area (Å²) < 4.78 is 1.80. The lowest BCUT2D eigenvalue weighted by Gasteiger charge is -2.15. The van der Waals surface area contributed by atoms with Gasteiger partial charge in [0.2, 0.25) is 0 Å². The zero-order valence-corrected chi connectivity index (χ0v) is 12.3. The van der Waals surface area contributed by atoms with E-state index in [1.54, 1.807) is 4.52 Å². The predicted molar refractivity (Wildman–Crippen MR) is 79.2 cm³/mol. The Hall–Kier alpha value is -2.01. The van der Waals surface area contributed by atoms with Crippen LogP contribution in [0.1, 0.15) is 0 Å². The third-order valence-electron chi connectivity index (χ3n) is 3.16. The Morgan fingerprint density at radius 1 is 1.00 bits per heavy atom. The van der Waals surface area contributed by atoms with Crippen molar-refractivity contribution in [1.82, 2.24) is 19.8 Å². The second-order valence-corrected chi connectivity index (χ2v) is 10.7. The number of benzene rings is 1. The molecule has 3 rings (SSSR count). The fourth-order valence-corrected chi connectivity index (χ4v) is 2.98. The van der Waals surface area contributed by atoms with E-state index in [-0.39, 0.29) is 0 Å². The number of rotatable bonds is 2. The molecule has 2 aromatic heterocycles. The Kier molecular flexibility index (Phi) is 2.71. The van der Waals surface area contributed by atoms with E-state index in [1.165, 1.54) is 5.19 Å². The van der Waals surface area contributed by atoms with Crippen molar-refractivity contribution < 1.29 is 0 Å². The lowest BCUT2D eigenvalue weighted by molar-refractivity contribution is 0.939. The van der Waals surface area contributed by atoms with E-state index in [1.807, 2.05) is 36.5 Å². The lowest BCUT2D eigenvalue weighted by Crippen LogP contribution is -2.38. The SMILES string of the molecule is C[Si](C)(C)c1cnn2c(-c3ccccc3)nnc2c1. The van der Waals surface area contributed by atoms with Crippen molar-refractivity contribution in [3.05, 3.63) is 42.6 Å². The number of hydrogen-bond acceptors (Lipinski definition) is 3. The highest BCUT2D eigenvalue weighted by molar-refractivity contribution is 6.88. The molecule has 0 spiro atoms. The molecule has 0 aliphatic carbocycles. The maximum atomic E-state index is 4.51. The highest BCUT2D eigenvalue weighted by Gasteiger charge is 2.18. The number of hydrogen-bond donors (Lipinski definition) is 0. The minimum absolute atomic E-state index is 0.790. The summed E-state index contributed by atoms with van der Waals surface area (Å²) in [5.74, 6) is 0.790. The Balaban J connectivity index is 2.16. The van der Waals surface area contributed by atoms with Crippen LogP contribution in [0.25, 0.3) is 17.0 Å². The summed E-state index contributed by atoms with van der Waals surface area (Å²) in [5, 5.41) is 14.3. The second-order valence-electron chi connectivity index (χ2n) is 5.65. The van der Waals surface area contributed by atoms with Crippen LogP contribution in [-0.2, 0) is 0 Å². The maximum Gasteiger partial charge on any atom is 0.185 e. The molecule has 0 saturated carbocycles. The molecule has 0 bridgehead atoms. The monoisotopic (exact) mass is 268 g/mol. The van der Waals surface area contributed by atoms with Gasteiger partial charge in [-0.15, -0.1) is 10.2 Å². The van der Waals surface area contributed by atoms with Crippen LogP contribution in [0.2, 0.25) is 19.6 Å². The van der Waals surface area contributed by atoms with Gasteiger partial charge in [-0.05, 0) is 11.3 Å². The summed E-state index contributed by atoms with van der Waals surface area (Å²) in [5.41, 5.74) is 1.85. The lowest BCUT2D eigenvalue weighted by atomic mass is 10.2. The van der Waals surface area contributed by atoms with Crippen molar-refractivity contribution in [2.45, 2.75) is 19.6 Å². The normalized spacial score (nSPS) is 11.9. The van der Waals surface area contributed by atoms with Crippen molar-refractivity contribution in [3.63, 3.8) is 0 Å². The van der Waals surface area contributed by atoms with E-state index in [9.17, 15) is 0 Å². The molecule has 0 atom stereocenters. The molecule has 19 heavy (non-hydrogen) atoms. The van der Waals surface area contributed by atoms with E-state index in [0.717, 1.165) is 17.0 Å². The minimum Gasteiger partial charge on any atom is -0.193 e. The molecule has 0 unspecified atom stereocenters. The van der Waals surface area contributed by atoms with E-state index in [4.69, 9.17) is 0 Å². The molecule has 0 aliphatic heterocycles. The first-order valence-corrected chi connectivity index (χ1v) is 9.83. The van der Waals surface area contributed by atoms with E-state index in [0.29, 0.717) is 0 Å². The molecule has 96 valence electrons. The average molecular weight is 268 g/mol.